The number of fused-ring (bicyclic) bond motifs is 2. The minimum absolute atomic E-state index is 0.0146. The fourth-order valence-corrected chi connectivity index (χ4v) is 3.88. The summed E-state index contributed by atoms with van der Waals surface area (Å²) in [6.45, 7) is 5.69. The Balaban J connectivity index is 1.72. The van der Waals surface area contributed by atoms with Crippen molar-refractivity contribution in [1.82, 2.24) is 9.80 Å². The van der Waals surface area contributed by atoms with Crippen LogP contribution in [0.4, 0.5) is 0 Å². The van der Waals surface area contributed by atoms with Gasteiger partial charge < -0.3 is 14.7 Å². The van der Waals surface area contributed by atoms with Crippen LogP contribution in [0.3, 0.4) is 0 Å². The van der Waals surface area contributed by atoms with Crippen LogP contribution < -0.4 is 4.74 Å². The monoisotopic (exact) mass is 378 g/mol. The molecule has 0 aromatic heterocycles. The number of ether oxygens (including phenoxy) is 1. The lowest BCUT2D eigenvalue weighted by atomic mass is 9.92. The summed E-state index contributed by atoms with van der Waals surface area (Å²) in [7, 11) is 2.16. The Kier molecular flexibility index (Phi) is 5.46. The lowest BCUT2D eigenvalue weighted by molar-refractivity contribution is -0.136. The molecule has 0 bridgehead atoms. The standard InChI is InChI=1S/C23H26N2O3/c1-24-10-12-25(13-11-24)9-8-20-19-5-3-2-4-18(19)16-28-22-7-6-17(14-21(20)22)15-23(26)27/h2-8,14H,9-13,15-16H2,1H3,(H,26,27)/b20-8-. The van der Waals surface area contributed by atoms with Gasteiger partial charge in [-0.25, -0.2) is 0 Å². The number of rotatable bonds is 4. The summed E-state index contributed by atoms with van der Waals surface area (Å²) < 4.78 is 6.06. The number of hydrogen-bond acceptors (Lipinski definition) is 4. The lowest BCUT2D eigenvalue weighted by Crippen LogP contribution is -2.44. The zero-order chi connectivity index (χ0) is 19.5. The number of likely N-dealkylation sites (N-methyl/N-ethyl adjacent to an activating group) is 1. The highest BCUT2D eigenvalue weighted by Crippen LogP contribution is 2.37. The van der Waals surface area contributed by atoms with Gasteiger partial charge in [-0.05, 0) is 41.4 Å². The lowest BCUT2D eigenvalue weighted by Gasteiger charge is -2.31. The van der Waals surface area contributed by atoms with Crippen molar-refractivity contribution in [2.45, 2.75) is 13.0 Å². The normalized spacial score (nSPS) is 18.8. The highest BCUT2D eigenvalue weighted by atomic mass is 16.5. The molecule has 1 N–H and O–H groups in total. The maximum atomic E-state index is 11.2. The van der Waals surface area contributed by atoms with Crippen LogP contribution in [-0.4, -0.2) is 60.6 Å². The van der Waals surface area contributed by atoms with Crippen molar-refractivity contribution in [2.75, 3.05) is 39.8 Å². The van der Waals surface area contributed by atoms with Gasteiger partial charge >= 0.3 is 5.97 Å². The first-order chi connectivity index (χ1) is 13.6. The molecule has 2 aromatic carbocycles. The van der Waals surface area contributed by atoms with E-state index >= 15 is 0 Å². The third-order valence-corrected chi connectivity index (χ3v) is 5.53. The van der Waals surface area contributed by atoms with Crippen molar-refractivity contribution in [3.8, 4) is 5.75 Å². The fourth-order valence-electron chi connectivity index (χ4n) is 3.88. The van der Waals surface area contributed by atoms with Crippen molar-refractivity contribution >= 4 is 11.5 Å². The van der Waals surface area contributed by atoms with Crippen molar-refractivity contribution in [3.05, 3.63) is 70.8 Å². The van der Waals surface area contributed by atoms with Gasteiger partial charge in [0.15, 0.2) is 0 Å². The highest BCUT2D eigenvalue weighted by Gasteiger charge is 2.20. The first-order valence-electron chi connectivity index (χ1n) is 9.77. The second kappa shape index (κ2) is 8.17. The first kappa shape index (κ1) is 18.7. The molecular formula is C23H26N2O3. The second-order valence-electron chi connectivity index (χ2n) is 7.57. The van der Waals surface area contributed by atoms with Gasteiger partial charge in [-0.3, -0.25) is 9.69 Å². The number of aliphatic carboxylic acids is 1. The molecule has 2 aliphatic rings. The Hall–Kier alpha value is -2.63. The van der Waals surface area contributed by atoms with E-state index in [-0.39, 0.29) is 6.42 Å². The van der Waals surface area contributed by atoms with E-state index in [9.17, 15) is 9.90 Å². The van der Waals surface area contributed by atoms with Crippen LogP contribution in [-0.2, 0) is 17.8 Å². The van der Waals surface area contributed by atoms with E-state index in [4.69, 9.17) is 4.74 Å². The summed E-state index contributed by atoms with van der Waals surface area (Å²) in [5, 5.41) is 9.19. The molecule has 1 fully saturated rings. The van der Waals surface area contributed by atoms with Crippen LogP contribution >= 0.6 is 0 Å². The largest absolute Gasteiger partial charge is 0.488 e. The van der Waals surface area contributed by atoms with E-state index in [1.165, 1.54) is 5.56 Å². The second-order valence-corrected chi connectivity index (χ2v) is 7.57. The Morgan fingerprint density at radius 1 is 1.11 bits per heavy atom. The summed E-state index contributed by atoms with van der Waals surface area (Å²) in [6, 6.07) is 14.0. The molecule has 5 nitrogen and oxygen atoms in total. The predicted octanol–water partition coefficient (Wildman–Crippen LogP) is 2.89. The van der Waals surface area contributed by atoms with Gasteiger partial charge in [0.05, 0.1) is 6.42 Å². The summed E-state index contributed by atoms with van der Waals surface area (Å²) in [4.78, 5) is 16.0. The molecule has 1 saturated heterocycles. The molecule has 0 spiro atoms. The molecule has 0 amide bonds. The van der Waals surface area contributed by atoms with Crippen LogP contribution in [0.15, 0.2) is 48.5 Å². The van der Waals surface area contributed by atoms with Gasteiger partial charge in [-0.1, -0.05) is 36.4 Å². The minimum atomic E-state index is -0.821. The number of benzene rings is 2. The molecule has 0 aliphatic carbocycles. The van der Waals surface area contributed by atoms with E-state index in [0.717, 1.165) is 60.7 Å². The predicted molar refractivity (Wildman–Crippen MR) is 110 cm³/mol. The van der Waals surface area contributed by atoms with Crippen molar-refractivity contribution in [1.29, 1.82) is 0 Å². The fraction of sp³-hybridized carbons (Fsp3) is 0.348. The maximum Gasteiger partial charge on any atom is 0.307 e. The van der Waals surface area contributed by atoms with E-state index in [0.29, 0.717) is 6.61 Å². The molecule has 2 aliphatic heterocycles. The van der Waals surface area contributed by atoms with Crippen LogP contribution in [0.5, 0.6) is 5.75 Å². The topological polar surface area (TPSA) is 53.0 Å². The zero-order valence-electron chi connectivity index (χ0n) is 16.2. The van der Waals surface area contributed by atoms with Gasteiger partial charge in [0.1, 0.15) is 12.4 Å². The van der Waals surface area contributed by atoms with E-state index in [1.807, 2.05) is 24.3 Å². The Bertz CT molecular complexity index is 898. The highest BCUT2D eigenvalue weighted by molar-refractivity contribution is 5.85. The number of carbonyl (C=O) groups is 1. The van der Waals surface area contributed by atoms with Crippen molar-refractivity contribution in [3.63, 3.8) is 0 Å². The third-order valence-electron chi connectivity index (χ3n) is 5.53. The number of hydrogen-bond donors (Lipinski definition) is 1. The van der Waals surface area contributed by atoms with Gasteiger partial charge in [-0.2, -0.15) is 0 Å². The summed E-state index contributed by atoms with van der Waals surface area (Å²) in [5.41, 5.74) is 5.23. The Morgan fingerprint density at radius 2 is 1.89 bits per heavy atom. The molecule has 28 heavy (non-hydrogen) atoms. The van der Waals surface area contributed by atoms with Crippen LogP contribution in [0.25, 0.3) is 5.57 Å². The SMILES string of the molecule is CN1CCN(C/C=C2/c3ccccc3COc3ccc(CC(=O)O)cc32)CC1. The molecule has 0 unspecified atom stereocenters. The summed E-state index contributed by atoms with van der Waals surface area (Å²) in [6.07, 6.45) is 2.29. The third kappa shape index (κ3) is 4.11. The summed E-state index contributed by atoms with van der Waals surface area (Å²) in [5.74, 6) is -0.00665. The van der Waals surface area contributed by atoms with Gasteiger partial charge in [0.25, 0.3) is 0 Å². The van der Waals surface area contributed by atoms with E-state index < -0.39 is 5.97 Å². The molecular weight excluding hydrogens is 352 g/mol. The smallest absolute Gasteiger partial charge is 0.307 e. The molecule has 5 heteroatoms. The zero-order valence-corrected chi connectivity index (χ0v) is 16.2. The number of carboxylic acids is 1. The Morgan fingerprint density at radius 3 is 2.68 bits per heavy atom. The molecule has 2 aromatic rings. The van der Waals surface area contributed by atoms with Crippen LogP contribution in [0.2, 0.25) is 0 Å². The number of carboxylic acid groups (broad SMARTS) is 1. The van der Waals surface area contributed by atoms with Crippen molar-refractivity contribution in [2.24, 2.45) is 0 Å². The van der Waals surface area contributed by atoms with Gasteiger partial charge in [-0.15, -0.1) is 0 Å². The van der Waals surface area contributed by atoms with E-state index in [2.05, 4.69) is 41.1 Å². The molecule has 2 heterocycles. The molecule has 0 saturated carbocycles. The Labute approximate surface area is 165 Å². The first-order valence-corrected chi connectivity index (χ1v) is 9.77. The quantitative estimate of drug-likeness (QED) is 0.887. The molecule has 0 atom stereocenters. The molecule has 146 valence electrons. The van der Waals surface area contributed by atoms with Crippen molar-refractivity contribution < 1.29 is 14.6 Å². The minimum Gasteiger partial charge on any atom is -0.488 e. The van der Waals surface area contributed by atoms with Crippen LogP contribution in [0, 0.1) is 0 Å². The average Bonchev–Trinajstić information content (AvgIpc) is 2.84. The maximum absolute atomic E-state index is 11.2. The molecule has 0 radical (unpaired) electrons. The number of piperazine rings is 1. The number of nitrogens with zero attached hydrogens (tertiary/aromatic N) is 2. The van der Waals surface area contributed by atoms with Gasteiger partial charge in [0.2, 0.25) is 0 Å². The van der Waals surface area contributed by atoms with Gasteiger partial charge in [0, 0.05) is 38.3 Å². The molecule has 4 rings (SSSR count). The van der Waals surface area contributed by atoms with E-state index in [1.54, 1.807) is 0 Å². The van der Waals surface area contributed by atoms with Crippen LogP contribution in [0.1, 0.15) is 22.3 Å². The average molecular weight is 378 g/mol. The summed E-state index contributed by atoms with van der Waals surface area (Å²) >= 11 is 0.